The molecular formula is C20H29NO5. The lowest BCUT2D eigenvalue weighted by atomic mass is 9.79. The van der Waals surface area contributed by atoms with Crippen molar-refractivity contribution in [2.45, 2.75) is 64.8 Å². The molecule has 2 N–H and O–H groups in total. The van der Waals surface area contributed by atoms with E-state index in [1.807, 2.05) is 41.5 Å². The Kier molecular flexibility index (Phi) is 5.54. The number of aromatic hydroxyl groups is 1. The Labute approximate surface area is 154 Å². The molecular weight excluding hydrogens is 334 g/mol. The van der Waals surface area contributed by atoms with Gasteiger partial charge in [0.05, 0.1) is 6.61 Å². The van der Waals surface area contributed by atoms with Crippen LogP contribution >= 0.6 is 0 Å². The molecule has 1 aliphatic heterocycles. The maximum atomic E-state index is 12.1. The molecule has 1 saturated heterocycles. The molecule has 26 heavy (non-hydrogen) atoms. The van der Waals surface area contributed by atoms with Gasteiger partial charge in [-0.3, -0.25) is 4.79 Å². The summed E-state index contributed by atoms with van der Waals surface area (Å²) in [5, 5.41) is 13.3. The van der Waals surface area contributed by atoms with Gasteiger partial charge in [-0.1, -0.05) is 41.5 Å². The summed E-state index contributed by atoms with van der Waals surface area (Å²) in [7, 11) is 0. The van der Waals surface area contributed by atoms with Gasteiger partial charge in [0.1, 0.15) is 17.5 Å². The average Bonchev–Trinajstić information content (AvgIpc) is 2.89. The second-order valence-corrected chi connectivity index (χ2v) is 8.73. The van der Waals surface area contributed by atoms with Crippen molar-refractivity contribution < 1.29 is 24.2 Å². The summed E-state index contributed by atoms with van der Waals surface area (Å²) in [5.74, 6) is -0.0122. The highest BCUT2D eigenvalue weighted by molar-refractivity contribution is 5.86. The van der Waals surface area contributed by atoms with Crippen LogP contribution in [0.1, 0.15) is 59.1 Å². The second kappa shape index (κ2) is 7.17. The lowest BCUT2D eigenvalue weighted by Crippen LogP contribution is -2.40. The van der Waals surface area contributed by atoms with Gasteiger partial charge in [0.15, 0.2) is 6.61 Å². The van der Waals surface area contributed by atoms with Crippen LogP contribution in [0.3, 0.4) is 0 Å². The summed E-state index contributed by atoms with van der Waals surface area (Å²) in [5.41, 5.74) is 0.970. The highest BCUT2D eigenvalue weighted by Gasteiger charge is 2.29. The first-order chi connectivity index (χ1) is 11.9. The Hall–Kier alpha value is -2.24. The summed E-state index contributed by atoms with van der Waals surface area (Å²) in [6, 6.07) is 2.94. The minimum atomic E-state index is -0.596. The van der Waals surface area contributed by atoms with E-state index in [9.17, 15) is 14.7 Å². The molecule has 0 unspecified atom stereocenters. The van der Waals surface area contributed by atoms with Gasteiger partial charge in [-0.15, -0.1) is 0 Å². The number of esters is 1. The number of phenolic OH excluding ortho intramolecular Hbond substituents is 1. The van der Waals surface area contributed by atoms with E-state index >= 15 is 0 Å². The smallest absolute Gasteiger partial charge is 0.328 e. The van der Waals surface area contributed by atoms with Crippen molar-refractivity contribution in [1.82, 2.24) is 5.32 Å². The molecule has 1 aromatic rings. The van der Waals surface area contributed by atoms with Gasteiger partial charge in [-0.25, -0.2) is 4.79 Å². The number of amides is 1. The summed E-state index contributed by atoms with van der Waals surface area (Å²) < 4.78 is 10.5. The quantitative estimate of drug-likeness (QED) is 0.804. The van der Waals surface area contributed by atoms with E-state index in [1.54, 1.807) is 12.1 Å². The van der Waals surface area contributed by atoms with Crippen LogP contribution in [-0.4, -0.2) is 36.2 Å². The second-order valence-electron chi connectivity index (χ2n) is 8.73. The molecule has 1 aromatic carbocycles. The molecule has 0 aliphatic carbocycles. The SMILES string of the molecule is CC(C)(C)c1cc(OCC(=O)N[C@H]2CCOC2=O)cc(C(C)(C)C)c1O. The van der Waals surface area contributed by atoms with E-state index in [4.69, 9.17) is 9.47 Å². The van der Waals surface area contributed by atoms with Crippen LogP contribution in [-0.2, 0) is 25.2 Å². The van der Waals surface area contributed by atoms with Gasteiger partial charge in [0.2, 0.25) is 0 Å². The highest BCUT2D eigenvalue weighted by atomic mass is 16.5. The number of cyclic esters (lactones) is 1. The predicted molar refractivity (Wildman–Crippen MR) is 98.5 cm³/mol. The highest BCUT2D eigenvalue weighted by Crippen LogP contribution is 2.41. The van der Waals surface area contributed by atoms with Gasteiger partial charge in [-0.2, -0.15) is 0 Å². The molecule has 1 amide bonds. The number of carbonyl (C=O) groups excluding carboxylic acids is 2. The fourth-order valence-electron chi connectivity index (χ4n) is 2.85. The van der Waals surface area contributed by atoms with E-state index in [2.05, 4.69) is 5.32 Å². The molecule has 2 rings (SSSR count). The normalized spacial score (nSPS) is 17.8. The lowest BCUT2D eigenvalue weighted by Gasteiger charge is -2.28. The third-order valence-corrected chi connectivity index (χ3v) is 4.34. The van der Waals surface area contributed by atoms with E-state index in [-0.39, 0.29) is 29.1 Å². The van der Waals surface area contributed by atoms with Gasteiger partial charge >= 0.3 is 5.97 Å². The summed E-state index contributed by atoms with van der Waals surface area (Å²) in [6.45, 7) is 12.2. The third kappa shape index (κ3) is 4.68. The molecule has 0 radical (unpaired) electrons. The Morgan fingerprint density at radius 3 is 2.15 bits per heavy atom. The van der Waals surface area contributed by atoms with Gasteiger partial charge in [0, 0.05) is 17.5 Å². The summed E-state index contributed by atoms with van der Waals surface area (Å²) in [6.07, 6.45) is 0.478. The van der Waals surface area contributed by atoms with Crippen molar-refractivity contribution >= 4 is 11.9 Å². The first kappa shape index (κ1) is 20.1. The number of ether oxygens (including phenoxy) is 2. The van der Waals surface area contributed by atoms with Crippen molar-refractivity contribution in [2.75, 3.05) is 13.2 Å². The minimum Gasteiger partial charge on any atom is -0.507 e. The molecule has 1 atom stereocenters. The summed E-state index contributed by atoms with van der Waals surface area (Å²) in [4.78, 5) is 23.5. The van der Waals surface area contributed by atoms with Crippen LogP contribution in [0.15, 0.2) is 12.1 Å². The van der Waals surface area contributed by atoms with Crippen molar-refractivity contribution in [1.29, 1.82) is 0 Å². The van der Waals surface area contributed by atoms with Crippen molar-refractivity contribution in [3.63, 3.8) is 0 Å². The number of benzene rings is 1. The minimum absolute atomic E-state index is 0.207. The average molecular weight is 363 g/mol. The Morgan fingerprint density at radius 2 is 1.73 bits per heavy atom. The Morgan fingerprint density at radius 1 is 1.19 bits per heavy atom. The van der Waals surface area contributed by atoms with E-state index in [0.29, 0.717) is 18.8 Å². The van der Waals surface area contributed by atoms with Crippen molar-refractivity contribution in [3.8, 4) is 11.5 Å². The maximum Gasteiger partial charge on any atom is 0.328 e. The van der Waals surface area contributed by atoms with E-state index in [0.717, 1.165) is 11.1 Å². The topological polar surface area (TPSA) is 84.9 Å². The van der Waals surface area contributed by atoms with Crippen LogP contribution in [0.4, 0.5) is 0 Å². The fraction of sp³-hybridized carbons (Fsp3) is 0.600. The molecule has 6 heteroatoms. The van der Waals surface area contributed by atoms with Crippen LogP contribution in [0.2, 0.25) is 0 Å². The maximum absolute atomic E-state index is 12.1. The predicted octanol–water partition coefficient (Wildman–Crippen LogP) is 2.80. The van der Waals surface area contributed by atoms with Crippen LogP contribution < -0.4 is 10.1 Å². The molecule has 1 fully saturated rings. The number of carbonyl (C=O) groups is 2. The Balaban J connectivity index is 2.18. The molecule has 6 nitrogen and oxygen atoms in total. The van der Waals surface area contributed by atoms with Gasteiger partial charge < -0.3 is 19.9 Å². The van der Waals surface area contributed by atoms with Crippen LogP contribution in [0.5, 0.6) is 11.5 Å². The zero-order valence-electron chi connectivity index (χ0n) is 16.4. The number of nitrogens with one attached hydrogen (secondary N) is 1. The lowest BCUT2D eigenvalue weighted by molar-refractivity contribution is -0.141. The number of phenols is 1. The molecule has 0 aromatic heterocycles. The molecule has 1 heterocycles. The zero-order valence-corrected chi connectivity index (χ0v) is 16.4. The fourth-order valence-corrected chi connectivity index (χ4v) is 2.85. The third-order valence-electron chi connectivity index (χ3n) is 4.34. The van der Waals surface area contributed by atoms with Crippen molar-refractivity contribution in [2.24, 2.45) is 0 Å². The standard InChI is InChI=1S/C20H29NO5/c1-19(2,3)13-9-12(10-14(17(13)23)20(4,5)6)26-11-16(22)21-15-7-8-25-18(15)24/h9-10,15,23H,7-8,11H2,1-6H3,(H,21,22)/t15-/m0/s1. The number of hydrogen-bond donors (Lipinski definition) is 2. The zero-order chi connectivity index (χ0) is 19.7. The molecule has 1 aliphatic rings. The number of rotatable bonds is 4. The molecule has 0 saturated carbocycles. The van der Waals surface area contributed by atoms with E-state index < -0.39 is 12.0 Å². The molecule has 0 bridgehead atoms. The summed E-state index contributed by atoms with van der Waals surface area (Å²) >= 11 is 0. The monoisotopic (exact) mass is 363 g/mol. The van der Waals surface area contributed by atoms with Crippen LogP contribution in [0, 0.1) is 0 Å². The number of hydrogen-bond acceptors (Lipinski definition) is 5. The molecule has 144 valence electrons. The first-order valence-corrected chi connectivity index (χ1v) is 8.86. The van der Waals surface area contributed by atoms with E-state index in [1.165, 1.54) is 0 Å². The first-order valence-electron chi connectivity index (χ1n) is 8.86. The molecule has 0 spiro atoms. The van der Waals surface area contributed by atoms with Gasteiger partial charge in [-0.05, 0) is 23.0 Å². The van der Waals surface area contributed by atoms with Gasteiger partial charge in [0.25, 0.3) is 5.91 Å². The largest absolute Gasteiger partial charge is 0.507 e. The van der Waals surface area contributed by atoms with Crippen molar-refractivity contribution in [3.05, 3.63) is 23.3 Å². The Bertz CT molecular complexity index is 662. The van der Waals surface area contributed by atoms with Crippen LogP contribution in [0.25, 0.3) is 0 Å².